The van der Waals surface area contributed by atoms with E-state index < -0.39 is 16.0 Å². The lowest BCUT2D eigenvalue weighted by Gasteiger charge is -2.31. The molecule has 1 saturated heterocycles. The topological polar surface area (TPSA) is 176 Å². The van der Waals surface area contributed by atoms with Gasteiger partial charge >= 0.3 is 5.97 Å². The number of fused-ring (bicyclic) bond motifs is 2. The molecule has 0 amide bonds. The Bertz CT molecular complexity index is 2650. The summed E-state index contributed by atoms with van der Waals surface area (Å²) in [6, 6.07) is 17.0. The maximum absolute atomic E-state index is 13.7. The van der Waals surface area contributed by atoms with Crippen LogP contribution < -0.4 is 10.3 Å². The second-order valence-corrected chi connectivity index (χ2v) is 17.0. The highest BCUT2D eigenvalue weighted by Crippen LogP contribution is 2.38. The Morgan fingerprint density at radius 2 is 1.71 bits per heavy atom. The number of H-pyrrole nitrogens is 1. The first-order chi connectivity index (χ1) is 28.4. The molecule has 0 radical (unpaired) electrons. The SMILES string of the molecule is CCCc1nn(C)c2c(=O)[nH]c(-c3cc(S(=O)(=O)N4CCN(C)CC4)ccc3OCC)nc12.O=C(O)C1CCC(c2cc3cccnc3c(-c3cccc(F)c3)n2)CC1. The van der Waals surface area contributed by atoms with E-state index in [0.717, 1.165) is 41.6 Å². The largest absolute Gasteiger partial charge is 0.493 e. The lowest BCUT2D eigenvalue weighted by atomic mass is 9.80. The Balaban J connectivity index is 0.000000184. The van der Waals surface area contributed by atoms with E-state index in [1.54, 1.807) is 37.5 Å². The number of piperazine rings is 1. The number of pyridine rings is 2. The minimum Gasteiger partial charge on any atom is -0.493 e. The van der Waals surface area contributed by atoms with E-state index in [4.69, 9.17) is 14.7 Å². The molecule has 59 heavy (non-hydrogen) atoms. The molecular formula is C43H49FN8O6S. The molecule has 0 atom stereocenters. The molecule has 0 spiro atoms. The first kappa shape index (κ1) is 41.6. The Morgan fingerprint density at radius 3 is 2.41 bits per heavy atom. The van der Waals surface area contributed by atoms with Gasteiger partial charge in [0, 0.05) is 62.0 Å². The van der Waals surface area contributed by atoms with Gasteiger partial charge in [-0.1, -0.05) is 31.5 Å². The van der Waals surface area contributed by atoms with Crippen LogP contribution in [0.1, 0.15) is 63.3 Å². The fourth-order valence-electron chi connectivity index (χ4n) is 7.88. The highest BCUT2D eigenvalue weighted by molar-refractivity contribution is 7.89. The van der Waals surface area contributed by atoms with Gasteiger partial charge in [-0.2, -0.15) is 9.40 Å². The molecule has 1 aliphatic carbocycles. The maximum Gasteiger partial charge on any atom is 0.306 e. The number of ether oxygens (including phenoxy) is 1. The number of aliphatic carboxylic acids is 1. The molecule has 16 heteroatoms. The summed E-state index contributed by atoms with van der Waals surface area (Å²) < 4.78 is 49.2. The monoisotopic (exact) mass is 824 g/mol. The van der Waals surface area contributed by atoms with Crippen molar-refractivity contribution in [1.82, 2.24) is 38.9 Å². The number of aromatic amines is 1. The zero-order valence-electron chi connectivity index (χ0n) is 33.7. The van der Waals surface area contributed by atoms with Crippen molar-refractivity contribution in [2.75, 3.05) is 39.8 Å². The Hall–Kier alpha value is -5.58. The van der Waals surface area contributed by atoms with Crippen LogP contribution in [0, 0.1) is 11.7 Å². The quantitative estimate of drug-likeness (QED) is 0.156. The fourth-order valence-corrected chi connectivity index (χ4v) is 9.33. The van der Waals surface area contributed by atoms with Crippen LogP contribution in [-0.2, 0) is 28.3 Å². The summed E-state index contributed by atoms with van der Waals surface area (Å²) in [7, 11) is -0.00831. The van der Waals surface area contributed by atoms with Crippen molar-refractivity contribution in [3.63, 3.8) is 0 Å². The van der Waals surface area contributed by atoms with Gasteiger partial charge in [0.25, 0.3) is 5.56 Å². The molecule has 5 heterocycles. The van der Waals surface area contributed by atoms with Crippen LogP contribution in [0.2, 0.25) is 0 Å². The summed E-state index contributed by atoms with van der Waals surface area (Å²) in [6.07, 6.45) is 6.20. The number of nitrogens with zero attached hydrogens (tertiary/aromatic N) is 7. The number of carboxylic acids is 1. The number of likely N-dealkylation sites (N-methyl/N-ethyl adjacent to an activating group) is 1. The van der Waals surface area contributed by atoms with Crippen molar-refractivity contribution in [1.29, 1.82) is 0 Å². The number of benzene rings is 2. The minimum absolute atomic E-state index is 0.147. The number of hydrogen-bond acceptors (Lipinski definition) is 10. The van der Waals surface area contributed by atoms with Crippen LogP contribution in [0.15, 0.2) is 76.6 Å². The van der Waals surface area contributed by atoms with Crippen LogP contribution in [0.25, 0.3) is 44.6 Å². The summed E-state index contributed by atoms with van der Waals surface area (Å²) in [6.45, 7) is 6.48. The summed E-state index contributed by atoms with van der Waals surface area (Å²) in [5, 5.41) is 14.6. The van der Waals surface area contributed by atoms with Gasteiger partial charge in [-0.3, -0.25) is 24.2 Å². The molecular weight excluding hydrogens is 776 g/mol. The molecule has 4 aromatic heterocycles. The number of carbonyl (C=O) groups is 1. The van der Waals surface area contributed by atoms with Crippen molar-refractivity contribution in [2.45, 2.75) is 63.2 Å². The van der Waals surface area contributed by atoms with Crippen LogP contribution in [0.3, 0.4) is 0 Å². The van der Waals surface area contributed by atoms with Gasteiger partial charge in [-0.05, 0) is 88.5 Å². The molecule has 2 aromatic carbocycles. The van der Waals surface area contributed by atoms with Gasteiger partial charge in [-0.15, -0.1) is 0 Å². The highest BCUT2D eigenvalue weighted by atomic mass is 32.2. The molecule has 0 unspecified atom stereocenters. The number of rotatable bonds is 10. The molecule has 8 rings (SSSR count). The fraction of sp³-hybridized carbons (Fsp3) is 0.395. The number of aromatic nitrogens is 6. The minimum atomic E-state index is -3.70. The van der Waals surface area contributed by atoms with Crippen molar-refractivity contribution >= 4 is 37.9 Å². The van der Waals surface area contributed by atoms with Gasteiger partial charge in [0.15, 0.2) is 5.52 Å². The Labute approximate surface area is 342 Å². The normalized spacial score (nSPS) is 17.8. The second-order valence-electron chi connectivity index (χ2n) is 15.1. The van der Waals surface area contributed by atoms with E-state index in [-0.39, 0.29) is 33.9 Å². The lowest BCUT2D eigenvalue weighted by molar-refractivity contribution is -0.142. The number of halogens is 1. The third-order valence-electron chi connectivity index (χ3n) is 11.1. The predicted molar refractivity (Wildman–Crippen MR) is 223 cm³/mol. The first-order valence-corrected chi connectivity index (χ1v) is 21.5. The molecule has 1 saturated carbocycles. The summed E-state index contributed by atoms with van der Waals surface area (Å²) in [5.41, 5.74) is 4.82. The van der Waals surface area contributed by atoms with E-state index in [1.807, 2.05) is 45.2 Å². The first-order valence-electron chi connectivity index (χ1n) is 20.0. The van der Waals surface area contributed by atoms with E-state index in [2.05, 4.69) is 20.0 Å². The number of nitrogens with one attached hydrogen (secondary N) is 1. The van der Waals surface area contributed by atoms with E-state index in [0.29, 0.717) is 85.7 Å². The van der Waals surface area contributed by atoms with E-state index >= 15 is 0 Å². The molecule has 310 valence electrons. The van der Waals surface area contributed by atoms with Crippen molar-refractivity contribution in [2.24, 2.45) is 13.0 Å². The number of aryl methyl sites for hydroxylation is 2. The molecule has 2 fully saturated rings. The van der Waals surface area contributed by atoms with Crippen molar-refractivity contribution < 1.29 is 27.4 Å². The van der Waals surface area contributed by atoms with E-state index in [9.17, 15) is 27.5 Å². The van der Waals surface area contributed by atoms with Crippen LogP contribution in [0.5, 0.6) is 5.75 Å². The lowest BCUT2D eigenvalue weighted by Crippen LogP contribution is -2.47. The molecule has 14 nitrogen and oxygen atoms in total. The Morgan fingerprint density at radius 1 is 0.949 bits per heavy atom. The van der Waals surface area contributed by atoms with Gasteiger partial charge in [-0.25, -0.2) is 17.8 Å². The smallest absolute Gasteiger partial charge is 0.306 e. The average molecular weight is 825 g/mol. The van der Waals surface area contributed by atoms with Crippen LogP contribution >= 0.6 is 0 Å². The molecule has 6 aromatic rings. The third kappa shape index (κ3) is 8.89. The summed E-state index contributed by atoms with van der Waals surface area (Å²) in [5.74, 6) is -0.325. The van der Waals surface area contributed by atoms with Gasteiger partial charge in [0.2, 0.25) is 10.0 Å². The second kappa shape index (κ2) is 17.7. The average Bonchev–Trinajstić information content (AvgIpc) is 3.55. The summed E-state index contributed by atoms with van der Waals surface area (Å²) in [4.78, 5) is 43.1. The highest BCUT2D eigenvalue weighted by Gasteiger charge is 2.30. The molecule has 2 aliphatic rings. The maximum atomic E-state index is 13.7. The molecule has 2 N–H and O–H groups in total. The van der Waals surface area contributed by atoms with E-state index in [1.165, 1.54) is 21.1 Å². The summed E-state index contributed by atoms with van der Waals surface area (Å²) >= 11 is 0. The van der Waals surface area contributed by atoms with Gasteiger partial charge in [0.1, 0.15) is 22.9 Å². The Kier molecular flexibility index (Phi) is 12.5. The van der Waals surface area contributed by atoms with Gasteiger partial charge < -0.3 is 19.7 Å². The zero-order valence-corrected chi connectivity index (χ0v) is 34.5. The predicted octanol–water partition coefficient (Wildman–Crippen LogP) is 6.41. The number of carboxylic acid groups (broad SMARTS) is 1. The number of hydrogen-bond donors (Lipinski definition) is 2. The third-order valence-corrected chi connectivity index (χ3v) is 13.0. The number of sulfonamides is 1. The zero-order chi connectivity index (χ0) is 41.8. The standard InChI is InChI=1S/C22H30N6O4S.C21H19FN2O2/c1-5-7-17-19-20(27(4)25-17)22(29)24-21(23-19)16-14-15(8-9-18(16)32-6-2)33(30,31)28-12-10-26(3)11-13-28;22-17-5-1-3-15(11-17)20-19-16(4-2-10-23-19)12-18(24-20)13-6-8-14(9-7-13)21(25)26/h8-9,14H,5-7,10-13H2,1-4H3,(H,23,24,29);1-5,10-14H,6-9H2,(H,25,26). The van der Waals surface area contributed by atoms with Crippen LogP contribution in [0.4, 0.5) is 4.39 Å². The van der Waals surface area contributed by atoms with Crippen molar-refractivity contribution in [3.05, 3.63) is 94.4 Å². The van der Waals surface area contributed by atoms with Crippen LogP contribution in [-0.4, -0.2) is 98.2 Å². The van der Waals surface area contributed by atoms with Gasteiger partial charge in [0.05, 0.1) is 39.9 Å². The van der Waals surface area contributed by atoms with Crippen molar-refractivity contribution in [3.8, 4) is 28.4 Å². The molecule has 1 aliphatic heterocycles. The molecule has 0 bridgehead atoms.